The largest absolute Gasteiger partial charge is 0.481 e. The van der Waals surface area contributed by atoms with E-state index in [1.54, 1.807) is 0 Å². The third kappa shape index (κ3) is 2.54. The molecule has 0 aromatic heterocycles. The minimum absolute atomic E-state index is 0. The summed E-state index contributed by atoms with van der Waals surface area (Å²) >= 11 is 0. The molecular formula is C6H12ClNO2. The summed E-state index contributed by atoms with van der Waals surface area (Å²) in [6.45, 7) is 0.651. The maximum atomic E-state index is 10.1. The van der Waals surface area contributed by atoms with Gasteiger partial charge in [-0.2, -0.15) is 0 Å². The molecule has 1 saturated carbocycles. The van der Waals surface area contributed by atoms with Crippen molar-refractivity contribution in [2.75, 3.05) is 6.54 Å². The molecule has 0 radical (unpaired) electrons. The van der Waals surface area contributed by atoms with Gasteiger partial charge < -0.3 is 10.8 Å². The summed E-state index contributed by atoms with van der Waals surface area (Å²) in [7, 11) is 0. The smallest absolute Gasteiger partial charge is 0.303 e. The van der Waals surface area contributed by atoms with Gasteiger partial charge in [-0.05, 0) is 24.8 Å². The molecule has 0 bridgehead atoms. The number of carbonyl (C=O) groups is 1. The lowest BCUT2D eigenvalue weighted by atomic mass is 10.2. The minimum atomic E-state index is -0.698. The van der Waals surface area contributed by atoms with Crippen LogP contribution in [0.2, 0.25) is 0 Å². The van der Waals surface area contributed by atoms with Crippen LogP contribution < -0.4 is 5.73 Å². The lowest BCUT2D eigenvalue weighted by Crippen LogP contribution is -2.04. The SMILES string of the molecule is Cl.NC[C@@H]1C[C@@H]1CC(=O)O. The third-order valence-corrected chi connectivity index (χ3v) is 1.81. The van der Waals surface area contributed by atoms with Crippen LogP contribution in [-0.2, 0) is 4.79 Å². The van der Waals surface area contributed by atoms with E-state index < -0.39 is 5.97 Å². The molecule has 0 aromatic rings. The molecule has 0 unspecified atom stereocenters. The van der Waals surface area contributed by atoms with Crippen molar-refractivity contribution >= 4 is 18.4 Å². The Balaban J connectivity index is 0.000000810. The molecule has 0 saturated heterocycles. The number of nitrogens with two attached hydrogens (primary N) is 1. The van der Waals surface area contributed by atoms with Crippen LogP contribution in [0, 0.1) is 11.8 Å². The predicted molar refractivity (Wildman–Crippen MR) is 40.2 cm³/mol. The monoisotopic (exact) mass is 165 g/mol. The van der Waals surface area contributed by atoms with Crippen LogP contribution in [-0.4, -0.2) is 17.6 Å². The Morgan fingerprint density at radius 3 is 2.50 bits per heavy atom. The Hall–Kier alpha value is -0.280. The summed E-state index contributed by atoms with van der Waals surface area (Å²) in [5.41, 5.74) is 5.31. The third-order valence-electron chi connectivity index (χ3n) is 1.81. The molecule has 4 heteroatoms. The second kappa shape index (κ2) is 3.78. The van der Waals surface area contributed by atoms with Crippen LogP contribution >= 0.6 is 12.4 Å². The molecule has 0 aliphatic heterocycles. The predicted octanol–water partition coefficient (Wildman–Crippen LogP) is 0.478. The zero-order chi connectivity index (χ0) is 6.85. The minimum Gasteiger partial charge on any atom is -0.481 e. The molecule has 0 amide bonds. The Bertz CT molecular complexity index is 129. The average Bonchev–Trinajstić information content (AvgIpc) is 2.45. The van der Waals surface area contributed by atoms with Crippen molar-refractivity contribution in [2.45, 2.75) is 12.8 Å². The highest BCUT2D eigenvalue weighted by atomic mass is 35.5. The van der Waals surface area contributed by atoms with E-state index in [-0.39, 0.29) is 12.4 Å². The van der Waals surface area contributed by atoms with Gasteiger partial charge in [0, 0.05) is 6.42 Å². The number of carboxylic acids is 1. The summed E-state index contributed by atoms with van der Waals surface area (Å²) in [5.74, 6) is 0.185. The number of hydrogen-bond acceptors (Lipinski definition) is 2. The molecule has 3 nitrogen and oxygen atoms in total. The van der Waals surface area contributed by atoms with Gasteiger partial charge in [-0.15, -0.1) is 12.4 Å². The maximum absolute atomic E-state index is 10.1. The first-order valence-corrected chi connectivity index (χ1v) is 3.16. The quantitative estimate of drug-likeness (QED) is 0.640. The summed E-state index contributed by atoms with van der Waals surface area (Å²) in [6.07, 6.45) is 1.32. The highest BCUT2D eigenvalue weighted by Crippen LogP contribution is 2.39. The van der Waals surface area contributed by atoms with Crippen molar-refractivity contribution in [1.82, 2.24) is 0 Å². The van der Waals surface area contributed by atoms with E-state index in [1.807, 2.05) is 0 Å². The number of halogens is 1. The summed E-state index contributed by atoms with van der Waals surface area (Å²) in [4.78, 5) is 10.1. The van der Waals surface area contributed by atoms with E-state index in [1.165, 1.54) is 0 Å². The van der Waals surface area contributed by atoms with Crippen LogP contribution in [0.1, 0.15) is 12.8 Å². The van der Waals surface area contributed by atoms with E-state index in [0.29, 0.717) is 24.8 Å². The first-order valence-electron chi connectivity index (χ1n) is 3.16. The molecular weight excluding hydrogens is 154 g/mol. The van der Waals surface area contributed by atoms with E-state index in [4.69, 9.17) is 10.8 Å². The van der Waals surface area contributed by atoms with Gasteiger partial charge in [-0.3, -0.25) is 4.79 Å². The molecule has 2 atom stereocenters. The van der Waals surface area contributed by atoms with Crippen molar-refractivity contribution in [3.05, 3.63) is 0 Å². The van der Waals surface area contributed by atoms with Crippen molar-refractivity contribution < 1.29 is 9.90 Å². The van der Waals surface area contributed by atoms with E-state index in [0.717, 1.165) is 6.42 Å². The molecule has 1 aliphatic rings. The van der Waals surface area contributed by atoms with Gasteiger partial charge in [-0.1, -0.05) is 0 Å². The highest BCUT2D eigenvalue weighted by molar-refractivity contribution is 5.85. The molecule has 1 aliphatic carbocycles. The van der Waals surface area contributed by atoms with Crippen molar-refractivity contribution in [1.29, 1.82) is 0 Å². The molecule has 0 aromatic carbocycles. The molecule has 1 fully saturated rings. The molecule has 3 N–H and O–H groups in total. The number of hydrogen-bond donors (Lipinski definition) is 2. The Kier molecular flexibility index (Phi) is 3.68. The fourth-order valence-corrected chi connectivity index (χ4v) is 1.07. The van der Waals surface area contributed by atoms with Gasteiger partial charge in [-0.25, -0.2) is 0 Å². The molecule has 0 heterocycles. The van der Waals surface area contributed by atoms with E-state index >= 15 is 0 Å². The normalized spacial score (nSPS) is 28.9. The zero-order valence-electron chi connectivity index (χ0n) is 5.62. The summed E-state index contributed by atoms with van der Waals surface area (Å²) in [6, 6.07) is 0. The van der Waals surface area contributed by atoms with Crippen LogP contribution in [0.15, 0.2) is 0 Å². The Morgan fingerprint density at radius 1 is 1.60 bits per heavy atom. The van der Waals surface area contributed by atoms with Crippen molar-refractivity contribution in [3.8, 4) is 0 Å². The van der Waals surface area contributed by atoms with Crippen LogP contribution in [0.3, 0.4) is 0 Å². The molecule has 60 valence electrons. The number of aliphatic carboxylic acids is 1. The first kappa shape index (κ1) is 9.72. The van der Waals surface area contributed by atoms with Crippen LogP contribution in [0.4, 0.5) is 0 Å². The highest BCUT2D eigenvalue weighted by Gasteiger charge is 2.36. The van der Waals surface area contributed by atoms with Gasteiger partial charge >= 0.3 is 5.97 Å². The Morgan fingerprint density at radius 2 is 2.20 bits per heavy atom. The van der Waals surface area contributed by atoms with E-state index in [2.05, 4.69) is 0 Å². The number of rotatable bonds is 3. The number of carboxylic acid groups (broad SMARTS) is 1. The zero-order valence-corrected chi connectivity index (χ0v) is 6.43. The second-order valence-corrected chi connectivity index (χ2v) is 2.59. The topological polar surface area (TPSA) is 63.3 Å². The first-order chi connectivity index (χ1) is 4.24. The Labute approximate surface area is 66.0 Å². The summed E-state index contributed by atoms with van der Waals surface area (Å²) < 4.78 is 0. The average molecular weight is 166 g/mol. The fourth-order valence-electron chi connectivity index (χ4n) is 1.07. The standard InChI is InChI=1S/C6H11NO2.ClH/c7-3-5-1-4(5)2-6(8)9;/h4-5H,1-3,7H2,(H,8,9);1H/t4-,5+;/m1./s1. The van der Waals surface area contributed by atoms with E-state index in [9.17, 15) is 4.79 Å². The summed E-state index contributed by atoms with van der Waals surface area (Å²) in [5, 5.41) is 8.30. The van der Waals surface area contributed by atoms with Crippen molar-refractivity contribution in [3.63, 3.8) is 0 Å². The van der Waals surface area contributed by atoms with Gasteiger partial charge in [0.05, 0.1) is 0 Å². The van der Waals surface area contributed by atoms with Gasteiger partial charge in [0.15, 0.2) is 0 Å². The van der Waals surface area contributed by atoms with Gasteiger partial charge in [0.25, 0.3) is 0 Å². The lowest BCUT2D eigenvalue weighted by Gasteiger charge is -1.89. The van der Waals surface area contributed by atoms with Crippen LogP contribution in [0.5, 0.6) is 0 Å². The molecule has 1 rings (SSSR count). The maximum Gasteiger partial charge on any atom is 0.303 e. The van der Waals surface area contributed by atoms with Gasteiger partial charge in [0.1, 0.15) is 0 Å². The molecule has 0 spiro atoms. The lowest BCUT2D eigenvalue weighted by molar-refractivity contribution is -0.137. The second-order valence-electron chi connectivity index (χ2n) is 2.59. The van der Waals surface area contributed by atoms with Gasteiger partial charge in [0.2, 0.25) is 0 Å². The fraction of sp³-hybridized carbons (Fsp3) is 0.833. The van der Waals surface area contributed by atoms with Crippen molar-refractivity contribution in [2.24, 2.45) is 17.6 Å². The molecule has 10 heavy (non-hydrogen) atoms. The van der Waals surface area contributed by atoms with Crippen LogP contribution in [0.25, 0.3) is 0 Å².